The van der Waals surface area contributed by atoms with E-state index in [0.29, 0.717) is 11.3 Å². The van der Waals surface area contributed by atoms with Gasteiger partial charge in [0.2, 0.25) is 0 Å². The Bertz CT molecular complexity index is 1190. The first kappa shape index (κ1) is 29.7. The van der Waals surface area contributed by atoms with Gasteiger partial charge in [-0.1, -0.05) is 57.5 Å². The zero-order valence-electron chi connectivity index (χ0n) is 22.4. The molecule has 0 radical (unpaired) electrons. The van der Waals surface area contributed by atoms with Crippen molar-refractivity contribution < 1.29 is 18.0 Å². The molecule has 0 spiro atoms. The molecule has 1 aliphatic carbocycles. The summed E-state index contributed by atoms with van der Waals surface area (Å²) in [7, 11) is 1.92. The van der Waals surface area contributed by atoms with E-state index in [0.717, 1.165) is 60.0 Å². The van der Waals surface area contributed by atoms with Crippen molar-refractivity contribution in [3.63, 3.8) is 0 Å². The Kier molecular flexibility index (Phi) is 9.98. The Labute approximate surface area is 226 Å². The van der Waals surface area contributed by atoms with Crippen LogP contribution in [0.1, 0.15) is 86.8 Å². The molecule has 2 heterocycles. The molecule has 0 aliphatic heterocycles. The summed E-state index contributed by atoms with van der Waals surface area (Å²) in [6, 6.07) is 9.09. The summed E-state index contributed by atoms with van der Waals surface area (Å²) in [5, 5.41) is 9.24. The molecule has 6 nitrogen and oxygen atoms in total. The number of rotatable bonds is 10. The van der Waals surface area contributed by atoms with Gasteiger partial charge in [-0.25, -0.2) is 0 Å². The fourth-order valence-electron chi connectivity index (χ4n) is 4.74. The fraction of sp³-hybridized carbons (Fsp3) is 0.500. The van der Waals surface area contributed by atoms with Gasteiger partial charge in [-0.05, 0) is 66.8 Å². The standard InChI is InChI=1S/C15H19F3.C13H17N5OS/c1-3-9-14(4-2)10-13(14)11-5-7-12(8-6-11)15(16,17)18;1-3-4-7-20-13-17-16-12(18(13)2)9-5-6-10(11(14)19)15-8-9/h5-8,13H,3-4,9-10H2,1-2H3;5-6,8H,3-4,7H2,1-2H3,(H2,14,19)/t13?,14-;/m1./s1. The van der Waals surface area contributed by atoms with Crippen LogP contribution in [0.4, 0.5) is 13.2 Å². The summed E-state index contributed by atoms with van der Waals surface area (Å²) in [5.41, 5.74) is 7.10. The highest BCUT2D eigenvalue weighted by Gasteiger charge is 2.52. The summed E-state index contributed by atoms with van der Waals surface area (Å²) in [6.07, 6.45) is 4.24. The van der Waals surface area contributed by atoms with E-state index in [2.05, 4.69) is 36.0 Å². The predicted molar refractivity (Wildman–Crippen MR) is 145 cm³/mol. The number of unbranched alkanes of at least 4 members (excludes halogenated alkanes) is 1. The molecular weight excluding hydrogens is 511 g/mol. The molecule has 4 rings (SSSR count). The molecule has 2 atom stereocenters. The molecule has 1 amide bonds. The number of aromatic nitrogens is 4. The highest BCUT2D eigenvalue weighted by Crippen LogP contribution is 2.64. The van der Waals surface area contributed by atoms with Gasteiger partial charge in [0.1, 0.15) is 5.69 Å². The van der Waals surface area contributed by atoms with E-state index in [-0.39, 0.29) is 5.69 Å². The largest absolute Gasteiger partial charge is 0.416 e. The lowest BCUT2D eigenvalue weighted by Crippen LogP contribution is -2.12. The van der Waals surface area contributed by atoms with Crippen LogP contribution >= 0.6 is 11.8 Å². The minimum absolute atomic E-state index is 0.244. The molecule has 1 unspecified atom stereocenters. The van der Waals surface area contributed by atoms with E-state index < -0.39 is 17.6 Å². The predicted octanol–water partition coefficient (Wildman–Crippen LogP) is 7.26. The van der Waals surface area contributed by atoms with Gasteiger partial charge < -0.3 is 10.3 Å². The highest BCUT2D eigenvalue weighted by molar-refractivity contribution is 7.99. The van der Waals surface area contributed by atoms with E-state index in [1.165, 1.54) is 18.6 Å². The fourth-order valence-corrected chi connectivity index (χ4v) is 5.73. The monoisotopic (exact) mass is 547 g/mol. The first-order valence-corrected chi connectivity index (χ1v) is 14.0. The third-order valence-corrected chi connectivity index (χ3v) is 8.23. The molecule has 3 aromatic rings. The molecule has 2 aromatic heterocycles. The molecule has 206 valence electrons. The number of nitrogens with zero attached hydrogens (tertiary/aromatic N) is 4. The summed E-state index contributed by atoms with van der Waals surface area (Å²) in [4.78, 5) is 15.0. The van der Waals surface area contributed by atoms with Gasteiger partial charge in [0.25, 0.3) is 5.91 Å². The van der Waals surface area contributed by atoms with Crippen molar-refractivity contribution in [1.82, 2.24) is 19.7 Å². The van der Waals surface area contributed by atoms with Crippen LogP contribution in [0.3, 0.4) is 0 Å². The van der Waals surface area contributed by atoms with Gasteiger partial charge in [-0.2, -0.15) is 13.2 Å². The van der Waals surface area contributed by atoms with Gasteiger partial charge >= 0.3 is 6.18 Å². The van der Waals surface area contributed by atoms with Crippen molar-refractivity contribution in [3.05, 3.63) is 59.4 Å². The second-order valence-corrected chi connectivity index (χ2v) is 10.8. The Morgan fingerprint density at radius 3 is 2.34 bits per heavy atom. The molecule has 38 heavy (non-hydrogen) atoms. The number of thioether (sulfide) groups is 1. The van der Waals surface area contributed by atoms with Crippen LogP contribution in [-0.4, -0.2) is 31.4 Å². The number of nitrogens with two attached hydrogens (primary N) is 1. The second-order valence-electron chi connectivity index (χ2n) is 9.71. The minimum atomic E-state index is -4.23. The topological polar surface area (TPSA) is 86.7 Å². The van der Waals surface area contributed by atoms with Gasteiger partial charge in [-0.3, -0.25) is 9.78 Å². The second kappa shape index (κ2) is 12.8. The van der Waals surface area contributed by atoms with E-state index in [9.17, 15) is 18.0 Å². The molecule has 1 fully saturated rings. The smallest absolute Gasteiger partial charge is 0.364 e. The van der Waals surface area contributed by atoms with Crippen LogP contribution in [0.25, 0.3) is 11.4 Å². The molecule has 1 aromatic carbocycles. The number of hydrogen-bond acceptors (Lipinski definition) is 5. The van der Waals surface area contributed by atoms with Crippen molar-refractivity contribution in [2.75, 3.05) is 5.75 Å². The maximum atomic E-state index is 12.5. The average molecular weight is 548 g/mol. The Balaban J connectivity index is 0.000000212. The third kappa shape index (κ3) is 7.15. The summed E-state index contributed by atoms with van der Waals surface area (Å²) >= 11 is 1.69. The molecule has 10 heteroatoms. The number of hydrogen-bond donors (Lipinski definition) is 1. The van der Waals surface area contributed by atoms with Crippen molar-refractivity contribution in [2.45, 2.75) is 76.5 Å². The van der Waals surface area contributed by atoms with Crippen molar-refractivity contribution >= 4 is 17.7 Å². The Hall–Kier alpha value is -2.88. The number of carbonyl (C=O) groups is 1. The number of carbonyl (C=O) groups excluding carboxylic acids is 1. The molecule has 1 saturated carbocycles. The number of halogens is 3. The minimum Gasteiger partial charge on any atom is -0.364 e. The first-order chi connectivity index (χ1) is 18.1. The zero-order valence-corrected chi connectivity index (χ0v) is 23.2. The van der Waals surface area contributed by atoms with Crippen LogP contribution in [0, 0.1) is 5.41 Å². The van der Waals surface area contributed by atoms with Gasteiger partial charge in [0, 0.05) is 24.6 Å². The molecule has 0 bridgehead atoms. The lowest BCUT2D eigenvalue weighted by molar-refractivity contribution is -0.137. The lowest BCUT2D eigenvalue weighted by Gasteiger charge is -2.14. The molecule has 1 aliphatic rings. The van der Waals surface area contributed by atoms with Crippen LogP contribution in [0.15, 0.2) is 47.8 Å². The van der Waals surface area contributed by atoms with E-state index in [1.54, 1.807) is 42.2 Å². The lowest BCUT2D eigenvalue weighted by atomic mass is 9.91. The van der Waals surface area contributed by atoms with Gasteiger partial charge in [-0.15, -0.1) is 10.2 Å². The van der Waals surface area contributed by atoms with E-state index in [4.69, 9.17) is 5.73 Å². The van der Waals surface area contributed by atoms with Gasteiger partial charge in [0.15, 0.2) is 11.0 Å². The number of benzene rings is 1. The van der Waals surface area contributed by atoms with Crippen LogP contribution in [0.2, 0.25) is 0 Å². The molecule has 0 saturated heterocycles. The van der Waals surface area contributed by atoms with Crippen LogP contribution in [-0.2, 0) is 13.2 Å². The molecule has 2 N–H and O–H groups in total. The van der Waals surface area contributed by atoms with Crippen molar-refractivity contribution in [3.8, 4) is 11.4 Å². The maximum Gasteiger partial charge on any atom is 0.416 e. The number of amides is 1. The van der Waals surface area contributed by atoms with E-state index in [1.807, 2.05) is 11.6 Å². The van der Waals surface area contributed by atoms with Crippen LogP contribution < -0.4 is 5.73 Å². The first-order valence-electron chi connectivity index (χ1n) is 13.0. The van der Waals surface area contributed by atoms with Crippen molar-refractivity contribution in [1.29, 1.82) is 0 Å². The SMILES string of the molecule is CCCCSc1nnc(-c2ccc(C(N)=O)nc2)n1C.CCC[C@]1(CC)CC1c1ccc(C(F)(F)F)cc1. The van der Waals surface area contributed by atoms with Gasteiger partial charge in [0.05, 0.1) is 5.56 Å². The number of alkyl halides is 3. The summed E-state index contributed by atoms with van der Waals surface area (Å²) in [6.45, 7) is 6.51. The zero-order chi connectivity index (χ0) is 27.9. The maximum absolute atomic E-state index is 12.5. The van der Waals surface area contributed by atoms with E-state index >= 15 is 0 Å². The van der Waals surface area contributed by atoms with Crippen molar-refractivity contribution in [2.24, 2.45) is 18.2 Å². The summed E-state index contributed by atoms with van der Waals surface area (Å²) in [5.74, 6) is 1.68. The quantitative estimate of drug-likeness (QED) is 0.213. The third-order valence-electron chi connectivity index (χ3n) is 7.12. The average Bonchev–Trinajstić information content (AvgIpc) is 3.51. The normalized spacial score (nSPS) is 18.6. The highest BCUT2D eigenvalue weighted by atomic mass is 32.2. The van der Waals surface area contributed by atoms with Crippen LogP contribution in [0.5, 0.6) is 0 Å². The Morgan fingerprint density at radius 2 is 1.82 bits per heavy atom. The number of pyridine rings is 1. The number of primary amides is 1. The Morgan fingerprint density at radius 1 is 1.11 bits per heavy atom. The summed E-state index contributed by atoms with van der Waals surface area (Å²) < 4.78 is 39.4. The molecular formula is C28H36F3N5OS.